The lowest BCUT2D eigenvalue weighted by Crippen LogP contribution is -2.37. The molecule has 0 amide bonds. The van der Waals surface area contributed by atoms with Gasteiger partial charge in [0.1, 0.15) is 11.9 Å². The van der Waals surface area contributed by atoms with Crippen molar-refractivity contribution in [2.45, 2.75) is 45.4 Å². The van der Waals surface area contributed by atoms with E-state index < -0.39 is 6.43 Å². The predicted octanol–water partition coefficient (Wildman–Crippen LogP) is 3.98. The molecule has 0 aliphatic carbocycles. The number of nitrogens with one attached hydrogen (secondary N) is 1. The van der Waals surface area contributed by atoms with Crippen LogP contribution in [0.5, 0.6) is 5.75 Å². The second-order valence-electron chi connectivity index (χ2n) is 7.18. The molecule has 144 valence electrons. The van der Waals surface area contributed by atoms with Crippen LogP contribution < -0.4 is 4.74 Å². The Balaban J connectivity index is 1.38. The summed E-state index contributed by atoms with van der Waals surface area (Å²) in [6.07, 6.45) is 1.37. The van der Waals surface area contributed by atoms with Gasteiger partial charge >= 0.3 is 0 Å². The van der Waals surface area contributed by atoms with E-state index in [0.717, 1.165) is 60.5 Å². The fraction of sp³-hybridized carbons (Fsp3) is 0.450. The Bertz CT molecular complexity index is 896. The first-order valence-corrected chi connectivity index (χ1v) is 9.34. The number of benzene rings is 1. The van der Waals surface area contributed by atoms with Gasteiger partial charge in [-0.15, -0.1) is 0 Å². The first-order chi connectivity index (χ1) is 13.1. The predicted molar refractivity (Wildman–Crippen MR) is 100 cm³/mol. The van der Waals surface area contributed by atoms with E-state index in [1.165, 1.54) is 0 Å². The first-order valence-electron chi connectivity index (χ1n) is 9.34. The number of aromatic amines is 1. The Labute approximate surface area is 156 Å². The SMILES string of the molecule is Cc1cc(CN2CCC(Oc3cccc4c3ccn4CC(F)F)CC2)n[nH]1. The van der Waals surface area contributed by atoms with E-state index in [-0.39, 0.29) is 12.6 Å². The lowest BCUT2D eigenvalue weighted by molar-refractivity contribution is 0.0972. The summed E-state index contributed by atoms with van der Waals surface area (Å²) < 4.78 is 33.3. The molecule has 7 heteroatoms. The van der Waals surface area contributed by atoms with Gasteiger partial charge < -0.3 is 9.30 Å². The highest BCUT2D eigenvalue weighted by molar-refractivity contribution is 5.86. The van der Waals surface area contributed by atoms with Crippen molar-refractivity contribution < 1.29 is 13.5 Å². The summed E-state index contributed by atoms with van der Waals surface area (Å²) in [5.74, 6) is 0.780. The normalized spacial score (nSPS) is 16.4. The molecule has 1 aromatic carbocycles. The number of rotatable bonds is 6. The van der Waals surface area contributed by atoms with Crippen molar-refractivity contribution in [1.82, 2.24) is 19.7 Å². The van der Waals surface area contributed by atoms with Crippen LogP contribution in [0.15, 0.2) is 36.5 Å². The highest BCUT2D eigenvalue weighted by Crippen LogP contribution is 2.29. The third kappa shape index (κ3) is 4.13. The summed E-state index contributed by atoms with van der Waals surface area (Å²) in [7, 11) is 0. The fourth-order valence-corrected chi connectivity index (χ4v) is 3.76. The number of fused-ring (bicyclic) bond motifs is 1. The van der Waals surface area contributed by atoms with Gasteiger partial charge in [-0.3, -0.25) is 10.00 Å². The van der Waals surface area contributed by atoms with Crippen molar-refractivity contribution in [3.05, 3.63) is 47.9 Å². The van der Waals surface area contributed by atoms with Crippen LogP contribution in [0.25, 0.3) is 10.9 Å². The van der Waals surface area contributed by atoms with E-state index in [9.17, 15) is 8.78 Å². The van der Waals surface area contributed by atoms with Gasteiger partial charge in [-0.2, -0.15) is 5.10 Å². The van der Waals surface area contributed by atoms with E-state index in [1.54, 1.807) is 10.8 Å². The molecule has 0 atom stereocenters. The second kappa shape index (κ2) is 7.68. The Morgan fingerprint density at radius 3 is 2.78 bits per heavy atom. The maximum atomic E-state index is 12.7. The summed E-state index contributed by atoms with van der Waals surface area (Å²) in [4.78, 5) is 2.38. The first kappa shape index (κ1) is 18.0. The highest BCUT2D eigenvalue weighted by Gasteiger charge is 2.22. The minimum absolute atomic E-state index is 0.145. The van der Waals surface area contributed by atoms with Gasteiger partial charge in [0.2, 0.25) is 0 Å². The maximum Gasteiger partial charge on any atom is 0.256 e. The van der Waals surface area contributed by atoms with Crippen molar-refractivity contribution in [1.29, 1.82) is 0 Å². The Kier molecular flexibility index (Phi) is 5.11. The van der Waals surface area contributed by atoms with E-state index in [2.05, 4.69) is 21.2 Å². The van der Waals surface area contributed by atoms with Gasteiger partial charge in [0.05, 0.1) is 17.8 Å². The molecular formula is C20H24F2N4O. The quantitative estimate of drug-likeness (QED) is 0.710. The van der Waals surface area contributed by atoms with E-state index in [0.29, 0.717) is 0 Å². The number of alkyl halides is 2. The molecule has 2 aromatic heterocycles. The molecule has 5 nitrogen and oxygen atoms in total. The average molecular weight is 374 g/mol. The molecule has 0 unspecified atom stereocenters. The number of likely N-dealkylation sites (tertiary alicyclic amines) is 1. The molecule has 4 rings (SSSR count). The zero-order valence-electron chi connectivity index (χ0n) is 15.4. The number of piperidine rings is 1. The number of aryl methyl sites for hydroxylation is 1. The van der Waals surface area contributed by atoms with Crippen LogP contribution in [0.3, 0.4) is 0 Å². The topological polar surface area (TPSA) is 46.1 Å². The van der Waals surface area contributed by atoms with E-state index in [1.807, 2.05) is 31.2 Å². The third-order valence-electron chi connectivity index (χ3n) is 5.08. The lowest BCUT2D eigenvalue weighted by Gasteiger charge is -2.31. The molecule has 1 aliphatic rings. The molecule has 0 bridgehead atoms. The Morgan fingerprint density at radius 2 is 2.07 bits per heavy atom. The Morgan fingerprint density at radius 1 is 1.26 bits per heavy atom. The molecule has 1 N–H and O–H groups in total. The van der Waals surface area contributed by atoms with Gasteiger partial charge in [-0.25, -0.2) is 8.78 Å². The van der Waals surface area contributed by atoms with Crippen LogP contribution in [0.1, 0.15) is 24.2 Å². The number of nitrogens with zero attached hydrogens (tertiary/aromatic N) is 3. The van der Waals surface area contributed by atoms with Crippen LogP contribution in [0.2, 0.25) is 0 Å². The molecule has 1 aliphatic heterocycles. The summed E-state index contributed by atoms with van der Waals surface area (Å²) in [6.45, 7) is 4.48. The summed E-state index contributed by atoms with van der Waals surface area (Å²) in [5.41, 5.74) is 2.94. The maximum absolute atomic E-state index is 12.7. The number of H-pyrrole nitrogens is 1. The fourth-order valence-electron chi connectivity index (χ4n) is 3.76. The highest BCUT2D eigenvalue weighted by atomic mass is 19.3. The second-order valence-corrected chi connectivity index (χ2v) is 7.18. The molecule has 27 heavy (non-hydrogen) atoms. The molecule has 3 aromatic rings. The summed E-state index contributed by atoms with van der Waals surface area (Å²) in [6, 6.07) is 9.59. The van der Waals surface area contributed by atoms with E-state index in [4.69, 9.17) is 4.74 Å². The largest absolute Gasteiger partial charge is 0.490 e. The van der Waals surface area contributed by atoms with Crippen LogP contribution >= 0.6 is 0 Å². The lowest BCUT2D eigenvalue weighted by atomic mass is 10.1. The number of aromatic nitrogens is 3. The van der Waals surface area contributed by atoms with Crippen molar-refractivity contribution in [2.75, 3.05) is 13.1 Å². The van der Waals surface area contributed by atoms with Crippen LogP contribution in [-0.2, 0) is 13.1 Å². The van der Waals surface area contributed by atoms with Gasteiger partial charge in [-0.05, 0) is 44.0 Å². The van der Waals surface area contributed by atoms with Crippen molar-refractivity contribution in [2.24, 2.45) is 0 Å². The third-order valence-corrected chi connectivity index (χ3v) is 5.08. The standard InChI is InChI=1S/C20H24F2N4O/c1-14-11-15(24-23-14)12-25-8-5-16(6-9-25)27-19-4-2-3-18-17(19)7-10-26(18)13-20(21)22/h2-4,7,10-11,16,20H,5-6,8-9,12-13H2,1H3,(H,23,24). The summed E-state index contributed by atoms with van der Waals surface area (Å²) >= 11 is 0. The molecule has 0 radical (unpaired) electrons. The van der Waals surface area contributed by atoms with Crippen molar-refractivity contribution in [3.63, 3.8) is 0 Å². The monoisotopic (exact) mass is 374 g/mol. The smallest absolute Gasteiger partial charge is 0.256 e. The van der Waals surface area contributed by atoms with Crippen molar-refractivity contribution >= 4 is 10.9 Å². The van der Waals surface area contributed by atoms with Gasteiger partial charge in [0, 0.05) is 36.9 Å². The zero-order valence-corrected chi connectivity index (χ0v) is 15.4. The van der Waals surface area contributed by atoms with Gasteiger partial charge in [-0.1, -0.05) is 6.07 Å². The molecular weight excluding hydrogens is 350 g/mol. The van der Waals surface area contributed by atoms with Crippen molar-refractivity contribution in [3.8, 4) is 5.75 Å². The van der Waals surface area contributed by atoms with Gasteiger partial charge in [0.25, 0.3) is 6.43 Å². The number of ether oxygens (including phenoxy) is 1. The number of hydrogen-bond acceptors (Lipinski definition) is 3. The average Bonchev–Trinajstić information content (AvgIpc) is 3.23. The van der Waals surface area contributed by atoms with E-state index >= 15 is 0 Å². The van der Waals surface area contributed by atoms with Crippen LogP contribution in [-0.4, -0.2) is 45.3 Å². The molecule has 0 spiro atoms. The number of hydrogen-bond donors (Lipinski definition) is 1. The minimum Gasteiger partial charge on any atom is -0.490 e. The van der Waals surface area contributed by atoms with Crippen LogP contribution in [0, 0.1) is 6.92 Å². The number of halogens is 2. The van der Waals surface area contributed by atoms with Gasteiger partial charge in [0.15, 0.2) is 0 Å². The molecule has 1 saturated heterocycles. The zero-order chi connectivity index (χ0) is 18.8. The minimum atomic E-state index is -2.37. The Hall–Kier alpha value is -2.41. The molecule has 1 fully saturated rings. The molecule has 3 heterocycles. The van der Waals surface area contributed by atoms with Crippen LogP contribution in [0.4, 0.5) is 8.78 Å². The summed E-state index contributed by atoms with van der Waals surface area (Å²) in [5, 5.41) is 8.18. The molecule has 0 saturated carbocycles.